The van der Waals surface area contributed by atoms with Crippen molar-refractivity contribution < 1.29 is 9.53 Å². The number of carbonyl (C=O) groups excluding carboxylic acids is 1. The summed E-state index contributed by atoms with van der Waals surface area (Å²) in [6, 6.07) is 19.4. The van der Waals surface area contributed by atoms with E-state index in [-0.39, 0.29) is 11.1 Å². The number of hydrogen-bond donors (Lipinski definition) is 1. The number of thioether (sulfide) groups is 1. The molecule has 4 rings (SSSR count). The highest BCUT2D eigenvalue weighted by Crippen LogP contribution is 2.35. The van der Waals surface area contributed by atoms with E-state index in [1.54, 1.807) is 6.08 Å². The van der Waals surface area contributed by atoms with Crippen molar-refractivity contribution in [2.45, 2.75) is 6.61 Å². The lowest BCUT2D eigenvalue weighted by Crippen LogP contribution is -2.01. The van der Waals surface area contributed by atoms with E-state index in [1.165, 1.54) is 11.8 Å². The Morgan fingerprint density at radius 1 is 1.07 bits per heavy atom. The molecule has 3 aromatic rings. The fourth-order valence-electron chi connectivity index (χ4n) is 2.88. The van der Waals surface area contributed by atoms with Crippen LogP contribution in [0.4, 0.5) is 0 Å². The van der Waals surface area contributed by atoms with Crippen LogP contribution in [0.3, 0.4) is 0 Å². The maximum atomic E-state index is 12.0. The highest BCUT2D eigenvalue weighted by atomic mass is 35.5. The number of ether oxygens (including phenoxy) is 1. The summed E-state index contributed by atoms with van der Waals surface area (Å²) in [4.78, 5) is 16.3. The van der Waals surface area contributed by atoms with Gasteiger partial charge in [0.1, 0.15) is 12.4 Å². The lowest BCUT2D eigenvalue weighted by Gasteiger charge is -2.13. The average Bonchev–Trinajstić information content (AvgIpc) is 2.99. The van der Waals surface area contributed by atoms with Crippen LogP contribution in [0.25, 0.3) is 16.8 Å². The molecular formula is C21H15ClN2O2S. The van der Waals surface area contributed by atoms with E-state index in [0.717, 1.165) is 21.9 Å². The standard InChI is InChI=1S/C21H15ClN2O2S/c22-17-8-4-2-6-14(17)12-26-18-10-9-13-5-1-3-7-15(13)16(18)11-19-20(25)24-21(23)27-19/h1-11H,12H2,(H2,23,24,25)/b19-11-. The van der Waals surface area contributed by atoms with Crippen molar-refractivity contribution in [3.05, 3.63) is 81.7 Å². The maximum Gasteiger partial charge on any atom is 0.286 e. The first-order chi connectivity index (χ1) is 13.1. The monoisotopic (exact) mass is 394 g/mol. The lowest BCUT2D eigenvalue weighted by atomic mass is 10.0. The van der Waals surface area contributed by atoms with Gasteiger partial charge in [-0.1, -0.05) is 60.1 Å². The topological polar surface area (TPSA) is 64.7 Å². The van der Waals surface area contributed by atoms with E-state index < -0.39 is 0 Å². The third-order valence-electron chi connectivity index (χ3n) is 4.18. The Labute approximate surface area is 165 Å². The maximum absolute atomic E-state index is 12.0. The quantitative estimate of drug-likeness (QED) is 0.632. The van der Waals surface area contributed by atoms with Crippen LogP contribution in [0.2, 0.25) is 5.02 Å². The first-order valence-corrected chi connectivity index (χ1v) is 9.47. The molecule has 6 heteroatoms. The van der Waals surface area contributed by atoms with Gasteiger partial charge in [-0.2, -0.15) is 4.99 Å². The van der Waals surface area contributed by atoms with Crippen molar-refractivity contribution in [2.24, 2.45) is 10.7 Å². The Bertz CT molecular complexity index is 1110. The number of carbonyl (C=O) groups is 1. The first-order valence-electron chi connectivity index (χ1n) is 8.28. The van der Waals surface area contributed by atoms with Crippen LogP contribution >= 0.6 is 23.4 Å². The number of amidine groups is 1. The average molecular weight is 395 g/mol. The second kappa shape index (κ2) is 7.47. The Kier molecular flexibility index (Phi) is 4.88. The number of amides is 1. The van der Waals surface area contributed by atoms with Crippen molar-refractivity contribution in [2.75, 3.05) is 0 Å². The molecule has 0 radical (unpaired) electrons. The predicted molar refractivity (Wildman–Crippen MR) is 112 cm³/mol. The molecule has 3 aromatic carbocycles. The first kappa shape index (κ1) is 17.6. The van der Waals surface area contributed by atoms with E-state index in [0.29, 0.717) is 22.3 Å². The summed E-state index contributed by atoms with van der Waals surface area (Å²) >= 11 is 7.39. The van der Waals surface area contributed by atoms with Crippen LogP contribution in [0.1, 0.15) is 11.1 Å². The van der Waals surface area contributed by atoms with Gasteiger partial charge in [0.05, 0.1) is 4.91 Å². The molecule has 0 atom stereocenters. The van der Waals surface area contributed by atoms with Crippen LogP contribution in [0, 0.1) is 0 Å². The molecule has 1 amide bonds. The Hall–Kier alpha value is -2.76. The summed E-state index contributed by atoms with van der Waals surface area (Å²) in [5.41, 5.74) is 7.39. The van der Waals surface area contributed by atoms with Gasteiger partial charge in [0.2, 0.25) is 0 Å². The SMILES string of the molecule is NC1=NC(=O)/C(=C/c2c(OCc3ccccc3Cl)ccc3ccccc23)S1. The van der Waals surface area contributed by atoms with Crippen molar-refractivity contribution in [1.29, 1.82) is 0 Å². The number of hydrogen-bond acceptors (Lipinski definition) is 4. The largest absolute Gasteiger partial charge is 0.488 e. The molecule has 134 valence electrons. The zero-order valence-electron chi connectivity index (χ0n) is 14.2. The third kappa shape index (κ3) is 3.70. The van der Waals surface area contributed by atoms with Crippen molar-refractivity contribution in [3.63, 3.8) is 0 Å². The highest BCUT2D eigenvalue weighted by Gasteiger charge is 2.21. The zero-order valence-corrected chi connectivity index (χ0v) is 15.8. The molecule has 0 fully saturated rings. The molecule has 0 aromatic heterocycles. The molecule has 0 spiro atoms. The third-order valence-corrected chi connectivity index (χ3v) is 5.37. The Morgan fingerprint density at radius 2 is 1.85 bits per heavy atom. The minimum absolute atomic E-state index is 0.255. The van der Waals surface area contributed by atoms with Crippen LogP contribution in [-0.4, -0.2) is 11.1 Å². The van der Waals surface area contributed by atoms with Gasteiger partial charge in [0.15, 0.2) is 5.17 Å². The fraction of sp³-hybridized carbons (Fsp3) is 0.0476. The number of fused-ring (bicyclic) bond motifs is 1. The molecule has 1 aliphatic heterocycles. The summed E-state index contributed by atoms with van der Waals surface area (Å²) in [5.74, 6) is 0.336. The fourth-order valence-corrected chi connectivity index (χ4v) is 3.73. The second-order valence-corrected chi connectivity index (χ2v) is 7.41. The predicted octanol–water partition coefficient (Wildman–Crippen LogP) is 5.00. The Balaban J connectivity index is 1.75. The minimum Gasteiger partial charge on any atom is -0.488 e. The number of benzene rings is 3. The highest BCUT2D eigenvalue weighted by molar-refractivity contribution is 8.18. The summed E-state index contributed by atoms with van der Waals surface area (Å²) in [6.07, 6.45) is 1.79. The van der Waals surface area contributed by atoms with E-state index >= 15 is 0 Å². The van der Waals surface area contributed by atoms with Crippen LogP contribution < -0.4 is 10.5 Å². The summed E-state index contributed by atoms with van der Waals surface area (Å²) in [5, 5.41) is 2.95. The molecule has 2 N–H and O–H groups in total. The van der Waals surface area contributed by atoms with E-state index in [4.69, 9.17) is 22.1 Å². The van der Waals surface area contributed by atoms with Gasteiger partial charge < -0.3 is 10.5 Å². The van der Waals surface area contributed by atoms with Gasteiger partial charge in [-0.05, 0) is 40.7 Å². The summed E-state index contributed by atoms with van der Waals surface area (Å²) in [6.45, 7) is 0.327. The minimum atomic E-state index is -0.331. The van der Waals surface area contributed by atoms with Crippen LogP contribution in [0.5, 0.6) is 5.75 Å². The molecule has 0 bridgehead atoms. The molecule has 0 saturated carbocycles. The smallest absolute Gasteiger partial charge is 0.286 e. The number of nitrogens with two attached hydrogens (primary N) is 1. The molecule has 0 saturated heterocycles. The number of rotatable bonds is 4. The van der Waals surface area contributed by atoms with Gasteiger partial charge in [-0.15, -0.1) is 0 Å². The van der Waals surface area contributed by atoms with E-state index in [1.807, 2.05) is 60.7 Å². The molecular weight excluding hydrogens is 380 g/mol. The lowest BCUT2D eigenvalue weighted by molar-refractivity contribution is -0.113. The Morgan fingerprint density at radius 3 is 2.63 bits per heavy atom. The van der Waals surface area contributed by atoms with Gasteiger partial charge in [0, 0.05) is 16.1 Å². The molecule has 0 aliphatic carbocycles. The van der Waals surface area contributed by atoms with E-state index in [2.05, 4.69) is 4.99 Å². The van der Waals surface area contributed by atoms with Gasteiger partial charge in [-0.25, -0.2) is 0 Å². The second-order valence-electron chi connectivity index (χ2n) is 5.94. The van der Waals surface area contributed by atoms with Crippen LogP contribution in [0.15, 0.2) is 70.6 Å². The molecule has 1 aliphatic rings. The number of aliphatic imine (C=N–C) groups is 1. The van der Waals surface area contributed by atoms with Gasteiger partial charge in [0.25, 0.3) is 5.91 Å². The molecule has 4 nitrogen and oxygen atoms in total. The molecule has 0 unspecified atom stereocenters. The van der Waals surface area contributed by atoms with Gasteiger partial charge >= 0.3 is 0 Å². The van der Waals surface area contributed by atoms with Crippen molar-refractivity contribution in [3.8, 4) is 5.75 Å². The number of halogens is 1. The zero-order chi connectivity index (χ0) is 18.8. The molecule has 27 heavy (non-hydrogen) atoms. The number of nitrogens with zero attached hydrogens (tertiary/aromatic N) is 1. The van der Waals surface area contributed by atoms with Crippen molar-refractivity contribution in [1.82, 2.24) is 0 Å². The molecule has 1 heterocycles. The normalized spacial score (nSPS) is 15.4. The summed E-state index contributed by atoms with van der Waals surface area (Å²) in [7, 11) is 0. The summed E-state index contributed by atoms with van der Waals surface area (Å²) < 4.78 is 6.07. The van der Waals surface area contributed by atoms with E-state index in [9.17, 15) is 4.79 Å². The van der Waals surface area contributed by atoms with Crippen molar-refractivity contribution >= 4 is 51.3 Å². The van der Waals surface area contributed by atoms with Crippen LogP contribution in [-0.2, 0) is 11.4 Å². The van der Waals surface area contributed by atoms with Gasteiger partial charge in [-0.3, -0.25) is 4.79 Å².